The lowest BCUT2D eigenvalue weighted by molar-refractivity contribution is -0.145. The molecule has 0 aromatic heterocycles. The Morgan fingerprint density at radius 1 is 0.333 bits per heavy atom. The van der Waals surface area contributed by atoms with Crippen LogP contribution in [0.1, 0.15) is 96.8 Å². The summed E-state index contributed by atoms with van der Waals surface area (Å²) in [6, 6.07) is 0. The number of esters is 1. The average Bonchev–Trinajstić information content (AvgIpc) is 3.14. The van der Waals surface area contributed by atoms with Crippen molar-refractivity contribution in [1.29, 1.82) is 0 Å². The summed E-state index contributed by atoms with van der Waals surface area (Å²) < 4.78 is 60.8. The third-order valence-electron chi connectivity index (χ3n) is 7.54. The van der Waals surface area contributed by atoms with Crippen molar-refractivity contribution >= 4 is 28.6 Å². The summed E-state index contributed by atoms with van der Waals surface area (Å²) in [5, 5.41) is 0. The molecule has 0 aromatic rings. The van der Waals surface area contributed by atoms with Gasteiger partial charge in [0.25, 0.3) is 0 Å². The summed E-state index contributed by atoms with van der Waals surface area (Å²) in [5.74, 6) is -0.130. The van der Waals surface area contributed by atoms with Crippen LogP contribution >= 0.6 is 22.6 Å². The average molecular weight is 851 g/mol. The largest absolute Gasteiger partial charge is 0.463 e. The first-order valence-electron chi connectivity index (χ1n) is 19.8. The van der Waals surface area contributed by atoms with E-state index in [-0.39, 0.29) is 5.97 Å². The van der Waals surface area contributed by atoms with E-state index in [1.807, 2.05) is 0 Å². The minimum absolute atomic E-state index is 0.130. The summed E-state index contributed by atoms with van der Waals surface area (Å²) in [6.07, 6.45) is 17.3. The molecule has 0 aliphatic rings. The molecule has 0 aromatic carbocycles. The molecule has 0 atom stereocenters. The van der Waals surface area contributed by atoms with Gasteiger partial charge < -0.3 is 52.1 Å². The molecule has 0 aliphatic carbocycles. The lowest BCUT2D eigenvalue weighted by Crippen LogP contribution is -2.15. The molecule has 12 nitrogen and oxygen atoms in total. The molecule has 0 amide bonds. The van der Waals surface area contributed by atoms with E-state index in [9.17, 15) is 4.79 Å². The molecular formula is C38H75IO12. The van der Waals surface area contributed by atoms with Crippen molar-refractivity contribution in [2.45, 2.75) is 96.8 Å². The molecule has 0 spiro atoms. The molecule has 0 rings (SSSR count). The Morgan fingerprint density at radius 3 is 0.843 bits per heavy atom. The molecule has 0 radical (unpaired) electrons. The molecule has 0 saturated carbocycles. The predicted molar refractivity (Wildman–Crippen MR) is 208 cm³/mol. The van der Waals surface area contributed by atoms with Gasteiger partial charge in [-0.2, -0.15) is 0 Å². The number of rotatable bonds is 46. The lowest BCUT2D eigenvalue weighted by Gasteiger charge is -2.09. The fourth-order valence-electron chi connectivity index (χ4n) is 4.71. The molecule has 0 bridgehead atoms. The number of hydrogen-bond donors (Lipinski definition) is 0. The van der Waals surface area contributed by atoms with E-state index in [0.29, 0.717) is 139 Å². The van der Waals surface area contributed by atoms with Gasteiger partial charge in [-0.3, -0.25) is 4.79 Å². The monoisotopic (exact) mass is 850 g/mol. The van der Waals surface area contributed by atoms with E-state index >= 15 is 0 Å². The number of ether oxygens (including phenoxy) is 11. The van der Waals surface area contributed by atoms with Crippen molar-refractivity contribution in [1.82, 2.24) is 0 Å². The fraction of sp³-hybridized carbons (Fsp3) is 0.974. The van der Waals surface area contributed by atoms with Gasteiger partial charge in [0.15, 0.2) is 0 Å². The van der Waals surface area contributed by atoms with Crippen molar-refractivity contribution in [3.05, 3.63) is 0 Å². The quantitative estimate of drug-likeness (QED) is 0.0284. The van der Waals surface area contributed by atoms with Crippen molar-refractivity contribution in [2.24, 2.45) is 0 Å². The van der Waals surface area contributed by atoms with Crippen molar-refractivity contribution in [3.63, 3.8) is 0 Å². The smallest absolute Gasteiger partial charge is 0.305 e. The number of carbonyl (C=O) groups excluding carboxylic acids is 1. The molecular weight excluding hydrogens is 775 g/mol. The Morgan fingerprint density at radius 2 is 0.569 bits per heavy atom. The molecule has 0 aliphatic heterocycles. The minimum Gasteiger partial charge on any atom is -0.463 e. The third kappa shape index (κ3) is 47.8. The lowest BCUT2D eigenvalue weighted by atomic mass is 10.0. The first-order chi connectivity index (χ1) is 25.3. The van der Waals surface area contributed by atoms with Gasteiger partial charge in [0.05, 0.1) is 132 Å². The first-order valence-corrected chi connectivity index (χ1v) is 21.3. The SMILES string of the molecule is CCCCCCCCCCCCCCCC(=O)OCCOCCOCCOCCOCCOCCOCCOCCOCCOCCOCCI. The van der Waals surface area contributed by atoms with E-state index in [1.54, 1.807) is 0 Å². The molecule has 51 heavy (non-hydrogen) atoms. The van der Waals surface area contributed by atoms with Crippen LogP contribution in [0.4, 0.5) is 0 Å². The maximum absolute atomic E-state index is 11.9. The number of unbranched alkanes of at least 4 members (excludes halogenated alkanes) is 12. The van der Waals surface area contributed by atoms with Crippen LogP contribution in [0.25, 0.3) is 0 Å². The highest BCUT2D eigenvalue weighted by Gasteiger charge is 2.03. The van der Waals surface area contributed by atoms with Crippen LogP contribution in [0, 0.1) is 0 Å². The van der Waals surface area contributed by atoms with Gasteiger partial charge in [-0.05, 0) is 6.42 Å². The topological polar surface area (TPSA) is 119 Å². The zero-order valence-corrected chi connectivity index (χ0v) is 34.4. The number of carbonyl (C=O) groups is 1. The maximum atomic E-state index is 11.9. The van der Waals surface area contributed by atoms with E-state index in [2.05, 4.69) is 29.5 Å². The highest BCUT2D eigenvalue weighted by Crippen LogP contribution is 2.13. The number of halogens is 1. The molecule has 0 saturated heterocycles. The van der Waals surface area contributed by atoms with Crippen molar-refractivity contribution in [3.8, 4) is 0 Å². The standard InChI is InChI=1S/C38H75IO12/c1-2-3-4-5-6-7-8-9-10-11-12-13-14-15-38(40)51-37-36-50-35-34-49-33-32-48-31-30-47-29-28-46-27-26-45-25-24-44-23-22-43-21-20-42-19-18-41-17-16-39/h2-37H2,1H3. The summed E-state index contributed by atoms with van der Waals surface area (Å²) in [7, 11) is 0. The summed E-state index contributed by atoms with van der Waals surface area (Å²) >= 11 is 2.28. The van der Waals surface area contributed by atoms with E-state index in [0.717, 1.165) is 23.9 Å². The van der Waals surface area contributed by atoms with E-state index in [4.69, 9.17) is 52.1 Å². The second-order valence-corrected chi connectivity index (χ2v) is 13.1. The highest BCUT2D eigenvalue weighted by atomic mass is 127. The van der Waals surface area contributed by atoms with Gasteiger partial charge in [0.2, 0.25) is 0 Å². The third-order valence-corrected chi connectivity index (χ3v) is 7.99. The van der Waals surface area contributed by atoms with Crippen LogP contribution in [0.2, 0.25) is 0 Å². The van der Waals surface area contributed by atoms with Crippen LogP contribution in [-0.4, -0.2) is 149 Å². The van der Waals surface area contributed by atoms with Crippen molar-refractivity contribution in [2.75, 3.05) is 143 Å². The Labute approximate surface area is 324 Å². The first kappa shape index (κ1) is 50.8. The second kappa shape index (κ2) is 47.8. The highest BCUT2D eigenvalue weighted by molar-refractivity contribution is 14.1. The Hall–Kier alpha value is -0.200. The van der Waals surface area contributed by atoms with Crippen molar-refractivity contribution < 1.29 is 56.9 Å². The maximum Gasteiger partial charge on any atom is 0.305 e. The predicted octanol–water partition coefficient (Wildman–Crippen LogP) is 6.61. The molecule has 0 fully saturated rings. The van der Waals surface area contributed by atoms with Gasteiger partial charge in [-0.1, -0.05) is 107 Å². The van der Waals surface area contributed by atoms with E-state index < -0.39 is 0 Å². The Kier molecular flexibility index (Phi) is 47.6. The molecule has 13 heteroatoms. The second-order valence-electron chi connectivity index (χ2n) is 12.0. The molecule has 306 valence electrons. The van der Waals surface area contributed by atoms with Gasteiger partial charge in [-0.15, -0.1) is 0 Å². The molecule has 0 unspecified atom stereocenters. The van der Waals surface area contributed by atoms with Gasteiger partial charge >= 0.3 is 5.97 Å². The minimum atomic E-state index is -0.130. The van der Waals surface area contributed by atoms with Crippen LogP contribution in [0.15, 0.2) is 0 Å². The van der Waals surface area contributed by atoms with Gasteiger partial charge in [0.1, 0.15) is 6.61 Å². The number of alkyl halides is 1. The normalized spacial score (nSPS) is 11.5. The summed E-state index contributed by atoms with van der Waals surface area (Å²) in [4.78, 5) is 11.9. The zero-order valence-electron chi connectivity index (χ0n) is 32.2. The van der Waals surface area contributed by atoms with Gasteiger partial charge in [0, 0.05) is 10.8 Å². The van der Waals surface area contributed by atoms with Crippen LogP contribution < -0.4 is 0 Å². The summed E-state index contributed by atoms with van der Waals surface area (Å²) in [6.45, 7) is 13.1. The number of hydrogen-bond acceptors (Lipinski definition) is 12. The van der Waals surface area contributed by atoms with Crippen LogP contribution in [-0.2, 0) is 56.9 Å². The zero-order chi connectivity index (χ0) is 36.8. The Balaban J connectivity index is 3.12. The van der Waals surface area contributed by atoms with Crippen LogP contribution in [0.5, 0.6) is 0 Å². The molecule has 0 heterocycles. The van der Waals surface area contributed by atoms with Crippen LogP contribution in [0.3, 0.4) is 0 Å². The van der Waals surface area contributed by atoms with Gasteiger partial charge in [-0.25, -0.2) is 0 Å². The fourth-order valence-corrected chi connectivity index (χ4v) is 5.02. The molecule has 0 N–H and O–H groups in total. The van der Waals surface area contributed by atoms with E-state index in [1.165, 1.54) is 70.6 Å². The summed E-state index contributed by atoms with van der Waals surface area (Å²) in [5.41, 5.74) is 0. The Bertz CT molecular complexity index is 650.